The number of amides is 1. The number of anilines is 1. The lowest BCUT2D eigenvalue weighted by Gasteiger charge is -2.16. The first-order valence-corrected chi connectivity index (χ1v) is 9.02. The van der Waals surface area contributed by atoms with Crippen molar-refractivity contribution in [1.29, 1.82) is 0 Å². The van der Waals surface area contributed by atoms with Crippen LogP contribution in [0.5, 0.6) is 5.75 Å². The molecule has 0 aliphatic carbocycles. The van der Waals surface area contributed by atoms with Crippen molar-refractivity contribution in [2.75, 3.05) is 5.73 Å². The summed E-state index contributed by atoms with van der Waals surface area (Å²) in [5.41, 5.74) is 10.1. The van der Waals surface area contributed by atoms with Crippen LogP contribution in [0.25, 0.3) is 10.9 Å². The molecule has 0 saturated carbocycles. The maximum atomic E-state index is 13.2. The SMILES string of the molecule is Cc1ccc2nc(N)nc(C(=O)N3Cc4ccc(OC(C)C)cc4C3)c2c1. The van der Waals surface area contributed by atoms with Gasteiger partial charge in [0.05, 0.1) is 11.6 Å². The van der Waals surface area contributed by atoms with Gasteiger partial charge in [0.15, 0.2) is 0 Å². The van der Waals surface area contributed by atoms with Crippen LogP contribution in [0.4, 0.5) is 5.95 Å². The lowest BCUT2D eigenvalue weighted by Crippen LogP contribution is -2.27. The van der Waals surface area contributed by atoms with E-state index >= 15 is 0 Å². The predicted octanol–water partition coefficient (Wildman–Crippen LogP) is 3.46. The van der Waals surface area contributed by atoms with E-state index in [9.17, 15) is 4.79 Å². The zero-order valence-electron chi connectivity index (χ0n) is 15.7. The Balaban J connectivity index is 1.66. The number of hydrogen-bond acceptors (Lipinski definition) is 5. The molecule has 4 rings (SSSR count). The fourth-order valence-corrected chi connectivity index (χ4v) is 3.43. The molecule has 2 N–H and O–H groups in total. The van der Waals surface area contributed by atoms with Crippen molar-refractivity contribution in [1.82, 2.24) is 14.9 Å². The molecule has 138 valence electrons. The summed E-state index contributed by atoms with van der Waals surface area (Å²) in [6, 6.07) is 11.7. The lowest BCUT2D eigenvalue weighted by molar-refractivity contribution is 0.0747. The van der Waals surface area contributed by atoms with E-state index in [0.29, 0.717) is 24.3 Å². The van der Waals surface area contributed by atoms with Gasteiger partial charge < -0.3 is 15.4 Å². The van der Waals surface area contributed by atoms with Crippen LogP contribution in [0.1, 0.15) is 41.0 Å². The van der Waals surface area contributed by atoms with Gasteiger partial charge in [-0.15, -0.1) is 0 Å². The van der Waals surface area contributed by atoms with Gasteiger partial charge in [0.1, 0.15) is 11.4 Å². The average Bonchev–Trinajstić information content (AvgIpc) is 3.03. The zero-order chi connectivity index (χ0) is 19.1. The van der Waals surface area contributed by atoms with Crippen LogP contribution in [-0.4, -0.2) is 26.9 Å². The van der Waals surface area contributed by atoms with Gasteiger partial charge in [-0.05, 0) is 56.2 Å². The molecule has 0 atom stereocenters. The van der Waals surface area contributed by atoms with E-state index in [0.717, 1.165) is 27.8 Å². The molecule has 6 heteroatoms. The molecule has 1 amide bonds. The molecule has 1 aliphatic heterocycles. The summed E-state index contributed by atoms with van der Waals surface area (Å²) in [5, 5.41) is 0.731. The van der Waals surface area contributed by atoms with Crippen molar-refractivity contribution < 1.29 is 9.53 Å². The molecule has 0 radical (unpaired) electrons. The average molecular weight is 362 g/mol. The number of ether oxygens (including phenoxy) is 1. The summed E-state index contributed by atoms with van der Waals surface area (Å²) in [5.74, 6) is 0.798. The van der Waals surface area contributed by atoms with Gasteiger partial charge in [-0.2, -0.15) is 0 Å². The molecule has 6 nitrogen and oxygen atoms in total. The first-order valence-electron chi connectivity index (χ1n) is 9.02. The summed E-state index contributed by atoms with van der Waals surface area (Å²) >= 11 is 0. The maximum Gasteiger partial charge on any atom is 0.273 e. The molecule has 0 unspecified atom stereocenters. The van der Waals surface area contributed by atoms with E-state index < -0.39 is 0 Å². The van der Waals surface area contributed by atoms with E-state index in [4.69, 9.17) is 10.5 Å². The fraction of sp³-hybridized carbons (Fsp3) is 0.286. The second-order valence-electron chi connectivity index (χ2n) is 7.21. The number of nitrogen functional groups attached to an aromatic ring is 1. The molecule has 3 aromatic rings. The first kappa shape index (κ1) is 17.3. The van der Waals surface area contributed by atoms with Crippen LogP contribution >= 0.6 is 0 Å². The summed E-state index contributed by atoms with van der Waals surface area (Å²) < 4.78 is 5.77. The molecule has 0 saturated heterocycles. The number of aromatic nitrogens is 2. The Bertz CT molecular complexity index is 1050. The van der Waals surface area contributed by atoms with Crippen molar-refractivity contribution in [2.24, 2.45) is 0 Å². The molecule has 27 heavy (non-hydrogen) atoms. The Morgan fingerprint density at radius 1 is 1.11 bits per heavy atom. The van der Waals surface area contributed by atoms with Gasteiger partial charge in [0.2, 0.25) is 5.95 Å². The number of nitrogens with zero attached hydrogens (tertiary/aromatic N) is 3. The predicted molar refractivity (Wildman–Crippen MR) is 104 cm³/mol. The molecule has 1 aromatic heterocycles. The van der Waals surface area contributed by atoms with Crippen LogP contribution in [0.15, 0.2) is 36.4 Å². The second kappa shape index (κ2) is 6.54. The molecule has 2 heterocycles. The van der Waals surface area contributed by atoms with Gasteiger partial charge in [0.25, 0.3) is 5.91 Å². The smallest absolute Gasteiger partial charge is 0.273 e. The van der Waals surface area contributed by atoms with Gasteiger partial charge in [-0.1, -0.05) is 17.7 Å². The number of aryl methyl sites for hydroxylation is 1. The zero-order valence-corrected chi connectivity index (χ0v) is 15.7. The van der Waals surface area contributed by atoms with Crippen molar-refractivity contribution >= 4 is 22.8 Å². The first-order chi connectivity index (χ1) is 12.9. The summed E-state index contributed by atoms with van der Waals surface area (Å²) in [6.07, 6.45) is 0.112. The van der Waals surface area contributed by atoms with Crippen molar-refractivity contribution in [3.05, 3.63) is 58.8 Å². The van der Waals surface area contributed by atoms with Crippen molar-refractivity contribution in [2.45, 2.75) is 40.0 Å². The molecule has 2 aromatic carbocycles. The highest BCUT2D eigenvalue weighted by Gasteiger charge is 2.27. The van der Waals surface area contributed by atoms with Gasteiger partial charge in [-0.3, -0.25) is 4.79 Å². The van der Waals surface area contributed by atoms with Gasteiger partial charge in [-0.25, -0.2) is 9.97 Å². The molecular formula is C21H22N4O2. The minimum Gasteiger partial charge on any atom is -0.491 e. The van der Waals surface area contributed by atoms with Gasteiger partial charge >= 0.3 is 0 Å². The van der Waals surface area contributed by atoms with Crippen LogP contribution in [0.2, 0.25) is 0 Å². The number of nitrogens with two attached hydrogens (primary N) is 1. The summed E-state index contributed by atoms with van der Waals surface area (Å²) in [6.45, 7) is 7.05. The number of rotatable bonds is 3. The monoisotopic (exact) mass is 362 g/mol. The highest BCUT2D eigenvalue weighted by atomic mass is 16.5. The summed E-state index contributed by atoms with van der Waals surface area (Å²) in [7, 11) is 0. The highest BCUT2D eigenvalue weighted by Crippen LogP contribution is 2.29. The highest BCUT2D eigenvalue weighted by molar-refractivity contribution is 6.05. The van der Waals surface area contributed by atoms with Crippen LogP contribution in [0.3, 0.4) is 0 Å². The largest absolute Gasteiger partial charge is 0.491 e. The van der Waals surface area contributed by atoms with E-state index in [1.807, 2.05) is 57.2 Å². The Morgan fingerprint density at radius 2 is 1.89 bits per heavy atom. The van der Waals surface area contributed by atoms with Crippen molar-refractivity contribution in [3.63, 3.8) is 0 Å². The maximum absolute atomic E-state index is 13.2. The number of fused-ring (bicyclic) bond motifs is 2. The Labute approximate surface area is 158 Å². The summed E-state index contributed by atoms with van der Waals surface area (Å²) in [4.78, 5) is 23.5. The Hall–Kier alpha value is -3.15. The third-order valence-corrected chi connectivity index (χ3v) is 4.63. The van der Waals surface area contributed by atoms with E-state index in [1.54, 1.807) is 4.90 Å². The molecule has 0 fully saturated rings. The normalized spacial score (nSPS) is 13.3. The quantitative estimate of drug-likeness (QED) is 0.772. The van der Waals surface area contributed by atoms with E-state index in [2.05, 4.69) is 9.97 Å². The number of hydrogen-bond donors (Lipinski definition) is 1. The van der Waals surface area contributed by atoms with Crippen LogP contribution in [0, 0.1) is 6.92 Å². The number of benzene rings is 2. The van der Waals surface area contributed by atoms with Crippen molar-refractivity contribution in [3.8, 4) is 5.75 Å². The minimum absolute atomic E-state index is 0.110. The topological polar surface area (TPSA) is 81.3 Å². The van der Waals surface area contributed by atoms with Gasteiger partial charge in [0, 0.05) is 18.5 Å². The molecular weight excluding hydrogens is 340 g/mol. The standard InChI is InChI=1S/C21H22N4O2/c1-12(2)27-16-6-5-14-10-25(11-15(14)9-16)20(26)19-17-8-13(3)4-7-18(17)23-21(22)24-19/h4-9,12H,10-11H2,1-3H3,(H2,22,23,24). The van der Waals surface area contributed by atoms with Crippen LogP contribution in [-0.2, 0) is 13.1 Å². The van der Waals surface area contributed by atoms with Crippen LogP contribution < -0.4 is 10.5 Å². The fourth-order valence-electron chi connectivity index (χ4n) is 3.43. The Kier molecular flexibility index (Phi) is 4.18. The third-order valence-electron chi connectivity index (χ3n) is 4.63. The van der Waals surface area contributed by atoms with E-state index in [1.165, 1.54) is 0 Å². The number of carbonyl (C=O) groups excluding carboxylic acids is 1. The minimum atomic E-state index is -0.137. The van der Waals surface area contributed by atoms with E-state index in [-0.39, 0.29) is 18.0 Å². The third kappa shape index (κ3) is 3.30. The molecule has 0 spiro atoms. The molecule has 0 bridgehead atoms. The number of carbonyl (C=O) groups is 1. The Morgan fingerprint density at radius 3 is 2.67 bits per heavy atom. The lowest BCUT2D eigenvalue weighted by atomic mass is 10.1. The molecule has 1 aliphatic rings. The second-order valence-corrected chi connectivity index (χ2v) is 7.21.